The van der Waals surface area contributed by atoms with Crippen LogP contribution in [-0.2, 0) is 11.3 Å². The minimum atomic E-state index is -0.299. The van der Waals surface area contributed by atoms with Crippen molar-refractivity contribution >= 4 is 22.7 Å². The van der Waals surface area contributed by atoms with Crippen molar-refractivity contribution in [2.24, 2.45) is 4.99 Å². The van der Waals surface area contributed by atoms with E-state index in [2.05, 4.69) is 15.2 Å². The Morgan fingerprint density at radius 1 is 1.06 bits per heavy atom. The van der Waals surface area contributed by atoms with Crippen LogP contribution in [0.25, 0.3) is 22.3 Å². The number of fused-ring (bicyclic) bond motifs is 1. The third-order valence-electron chi connectivity index (χ3n) is 6.24. The van der Waals surface area contributed by atoms with Crippen LogP contribution in [0.2, 0.25) is 0 Å². The van der Waals surface area contributed by atoms with Gasteiger partial charge in [0.05, 0.1) is 35.6 Å². The Morgan fingerprint density at radius 2 is 1.89 bits per heavy atom. The highest BCUT2D eigenvalue weighted by molar-refractivity contribution is 5.97. The van der Waals surface area contributed by atoms with E-state index in [4.69, 9.17) is 14.7 Å². The predicted molar refractivity (Wildman–Crippen MR) is 134 cm³/mol. The molecule has 2 aliphatic heterocycles. The molecule has 35 heavy (non-hydrogen) atoms. The van der Waals surface area contributed by atoms with E-state index < -0.39 is 0 Å². The van der Waals surface area contributed by atoms with Crippen LogP contribution < -0.4 is 5.32 Å². The molecule has 1 aromatic heterocycles. The number of hydrogen-bond acceptors (Lipinski definition) is 6. The summed E-state index contributed by atoms with van der Waals surface area (Å²) < 4.78 is 19.0. The number of aromatic nitrogens is 2. The highest BCUT2D eigenvalue weighted by atomic mass is 19.1. The minimum Gasteiger partial charge on any atom is -0.379 e. The molecule has 8 heteroatoms. The van der Waals surface area contributed by atoms with Crippen molar-refractivity contribution in [3.05, 3.63) is 71.8 Å². The first-order valence-corrected chi connectivity index (χ1v) is 12.0. The summed E-state index contributed by atoms with van der Waals surface area (Å²) in [6.07, 6.45) is 6.50. The number of carbonyl (C=O) groups excluding carboxylic acids is 1. The summed E-state index contributed by atoms with van der Waals surface area (Å²) in [6.45, 7) is 4.24. The van der Waals surface area contributed by atoms with Gasteiger partial charge in [-0.15, -0.1) is 0 Å². The third-order valence-corrected chi connectivity index (χ3v) is 6.24. The van der Waals surface area contributed by atoms with Gasteiger partial charge in [0.15, 0.2) is 0 Å². The molecule has 0 radical (unpaired) electrons. The van der Waals surface area contributed by atoms with Gasteiger partial charge >= 0.3 is 0 Å². The van der Waals surface area contributed by atoms with Crippen LogP contribution in [0.3, 0.4) is 0 Å². The van der Waals surface area contributed by atoms with Gasteiger partial charge in [-0.25, -0.2) is 14.4 Å². The van der Waals surface area contributed by atoms with E-state index in [1.54, 1.807) is 24.3 Å². The third kappa shape index (κ3) is 5.78. The number of aliphatic imine (C=N–C) groups is 1. The Hall–Kier alpha value is -3.49. The normalized spacial score (nSPS) is 16.0. The highest BCUT2D eigenvalue weighted by Crippen LogP contribution is 2.26. The van der Waals surface area contributed by atoms with Gasteiger partial charge in [-0.3, -0.25) is 14.7 Å². The second-order valence-electron chi connectivity index (χ2n) is 8.76. The molecule has 2 aromatic carbocycles. The van der Waals surface area contributed by atoms with Gasteiger partial charge in [-0.1, -0.05) is 6.08 Å². The number of amides is 1. The molecule has 7 nitrogen and oxygen atoms in total. The molecule has 0 unspecified atom stereocenters. The first-order valence-electron chi connectivity index (χ1n) is 12.0. The Kier molecular flexibility index (Phi) is 7.20. The largest absolute Gasteiger partial charge is 0.379 e. The number of halogens is 1. The summed E-state index contributed by atoms with van der Waals surface area (Å²) in [5.41, 5.74) is 5.37. The summed E-state index contributed by atoms with van der Waals surface area (Å²) in [6, 6.07) is 11.7. The van der Waals surface area contributed by atoms with Crippen molar-refractivity contribution in [1.29, 1.82) is 0 Å². The SMILES string of the molecule is O=C(NCCCC1=NC=CC1)c1ccc2nc(CN3CCOCC3)c(-c3ccc(F)cc3)nc2c1. The standard InChI is InChI=1S/C27H28FN5O2/c28-21-8-5-19(6-9-21)26-25(18-33-13-15-35-16-14-33)31-23-10-7-20(17-24(23)32-26)27(34)30-12-2-4-22-3-1-11-29-22/h1,5-11,17H,2-4,12-16,18H2,(H,30,34). The first-order chi connectivity index (χ1) is 17.2. The fourth-order valence-electron chi connectivity index (χ4n) is 4.31. The summed E-state index contributed by atoms with van der Waals surface area (Å²) in [5, 5.41) is 2.98. The molecule has 5 rings (SSSR count). The van der Waals surface area contributed by atoms with Gasteiger partial charge in [0.25, 0.3) is 5.91 Å². The molecule has 1 N–H and O–H groups in total. The average Bonchev–Trinajstić information content (AvgIpc) is 3.41. The van der Waals surface area contributed by atoms with Crippen molar-refractivity contribution in [3.63, 3.8) is 0 Å². The van der Waals surface area contributed by atoms with Gasteiger partial charge in [-0.05, 0) is 55.3 Å². The maximum atomic E-state index is 13.6. The van der Waals surface area contributed by atoms with Gasteiger partial charge in [0, 0.05) is 55.6 Å². The Labute approximate surface area is 203 Å². The number of carbonyl (C=O) groups is 1. The van der Waals surface area contributed by atoms with Crippen LogP contribution in [-0.4, -0.2) is 59.3 Å². The number of ether oxygens (including phenoxy) is 1. The number of allylic oxidation sites excluding steroid dienone is 1. The number of nitrogens with one attached hydrogen (secondary N) is 1. The average molecular weight is 474 g/mol. The second-order valence-corrected chi connectivity index (χ2v) is 8.76. The molecule has 0 saturated carbocycles. The van der Waals surface area contributed by atoms with Gasteiger partial charge < -0.3 is 10.1 Å². The van der Waals surface area contributed by atoms with E-state index in [0.717, 1.165) is 54.8 Å². The maximum absolute atomic E-state index is 13.6. The second kappa shape index (κ2) is 10.8. The maximum Gasteiger partial charge on any atom is 0.251 e. The van der Waals surface area contributed by atoms with E-state index >= 15 is 0 Å². The van der Waals surface area contributed by atoms with Crippen LogP contribution in [0.1, 0.15) is 35.3 Å². The summed E-state index contributed by atoms with van der Waals surface area (Å²) in [4.78, 5) is 29.1. The Bertz CT molecular complexity index is 1270. The molecule has 1 amide bonds. The van der Waals surface area contributed by atoms with Crippen LogP contribution in [0.5, 0.6) is 0 Å². The van der Waals surface area contributed by atoms with E-state index in [9.17, 15) is 9.18 Å². The Morgan fingerprint density at radius 3 is 2.66 bits per heavy atom. The van der Waals surface area contributed by atoms with Crippen molar-refractivity contribution in [1.82, 2.24) is 20.2 Å². The van der Waals surface area contributed by atoms with Crippen molar-refractivity contribution in [2.45, 2.75) is 25.8 Å². The van der Waals surface area contributed by atoms with Crippen molar-refractivity contribution in [3.8, 4) is 11.3 Å². The van der Waals surface area contributed by atoms with Crippen LogP contribution in [0.15, 0.2) is 59.7 Å². The molecule has 0 spiro atoms. The molecule has 0 atom stereocenters. The number of benzene rings is 2. The van der Waals surface area contributed by atoms with Gasteiger partial charge in [0.2, 0.25) is 0 Å². The molecule has 180 valence electrons. The van der Waals surface area contributed by atoms with E-state index in [0.29, 0.717) is 43.1 Å². The first kappa shape index (κ1) is 23.3. The summed E-state index contributed by atoms with van der Waals surface area (Å²) in [7, 11) is 0. The lowest BCUT2D eigenvalue weighted by Gasteiger charge is -2.26. The zero-order valence-electron chi connectivity index (χ0n) is 19.5. The number of morpholine rings is 1. The van der Waals surface area contributed by atoms with Crippen LogP contribution in [0.4, 0.5) is 4.39 Å². The van der Waals surface area contributed by atoms with Crippen molar-refractivity contribution < 1.29 is 13.9 Å². The molecule has 2 aliphatic rings. The van der Waals surface area contributed by atoms with E-state index in [-0.39, 0.29) is 11.7 Å². The van der Waals surface area contributed by atoms with Gasteiger partial charge in [0.1, 0.15) is 5.82 Å². The van der Waals surface area contributed by atoms with E-state index in [1.165, 1.54) is 12.1 Å². The predicted octanol–water partition coefficient (Wildman–Crippen LogP) is 4.14. The van der Waals surface area contributed by atoms with Gasteiger partial charge in [-0.2, -0.15) is 0 Å². The molecule has 3 heterocycles. The molecular formula is C27H28FN5O2. The monoisotopic (exact) mass is 473 g/mol. The lowest BCUT2D eigenvalue weighted by molar-refractivity contribution is 0.0337. The van der Waals surface area contributed by atoms with Crippen LogP contribution in [0, 0.1) is 5.82 Å². The zero-order valence-corrected chi connectivity index (χ0v) is 19.5. The van der Waals surface area contributed by atoms with Crippen molar-refractivity contribution in [2.75, 3.05) is 32.8 Å². The topological polar surface area (TPSA) is 79.7 Å². The lowest BCUT2D eigenvalue weighted by Crippen LogP contribution is -2.36. The number of hydrogen-bond donors (Lipinski definition) is 1. The molecule has 3 aromatic rings. The number of rotatable bonds is 8. The van der Waals surface area contributed by atoms with Crippen LogP contribution >= 0.6 is 0 Å². The molecule has 1 saturated heterocycles. The minimum absolute atomic E-state index is 0.138. The smallest absolute Gasteiger partial charge is 0.251 e. The summed E-state index contributed by atoms with van der Waals surface area (Å²) >= 11 is 0. The Balaban J connectivity index is 1.37. The quantitative estimate of drug-likeness (QED) is 0.498. The fraction of sp³-hybridized carbons (Fsp3) is 0.333. The fourth-order valence-corrected chi connectivity index (χ4v) is 4.31. The lowest BCUT2D eigenvalue weighted by atomic mass is 10.1. The number of nitrogens with zero attached hydrogens (tertiary/aromatic N) is 4. The zero-order chi connectivity index (χ0) is 24.0. The highest BCUT2D eigenvalue weighted by Gasteiger charge is 2.18. The molecule has 1 fully saturated rings. The molecular weight excluding hydrogens is 445 g/mol. The summed E-state index contributed by atoms with van der Waals surface area (Å²) in [5.74, 6) is -0.437. The molecule has 0 bridgehead atoms. The molecule has 0 aliphatic carbocycles. The van der Waals surface area contributed by atoms with E-state index in [1.807, 2.05) is 18.3 Å².